The van der Waals surface area contributed by atoms with Gasteiger partial charge >= 0.3 is 0 Å². The molecule has 0 aliphatic rings. The van der Waals surface area contributed by atoms with Gasteiger partial charge in [-0.2, -0.15) is 5.10 Å². The third-order valence-electron chi connectivity index (χ3n) is 4.23. The molecule has 1 unspecified atom stereocenters. The number of carbonyl (C=O) groups is 1. The summed E-state index contributed by atoms with van der Waals surface area (Å²) in [5.74, 6) is 0.407. The number of ether oxygens (including phenoxy) is 1. The standard InChI is InChI=1S/C22H23N3O3/c1-16-7-6-10-19(15-16)28-17(2)22(27)23-13-14-25-21(26)12-11-20(24-25)18-8-4-3-5-9-18/h3-12,15,17H,13-14H2,1-2H3,(H,23,27). The van der Waals surface area contributed by atoms with Crippen LogP contribution in [-0.4, -0.2) is 28.3 Å². The molecule has 6 nitrogen and oxygen atoms in total. The topological polar surface area (TPSA) is 73.2 Å². The number of nitrogens with zero attached hydrogens (tertiary/aromatic N) is 2. The monoisotopic (exact) mass is 377 g/mol. The molecule has 1 aromatic heterocycles. The maximum absolute atomic E-state index is 12.3. The number of hydrogen-bond acceptors (Lipinski definition) is 4. The number of aromatic nitrogens is 2. The predicted molar refractivity (Wildman–Crippen MR) is 108 cm³/mol. The first-order valence-corrected chi connectivity index (χ1v) is 9.17. The summed E-state index contributed by atoms with van der Waals surface area (Å²) in [5, 5.41) is 7.17. The van der Waals surface area contributed by atoms with Crippen molar-refractivity contribution in [3.8, 4) is 17.0 Å². The van der Waals surface area contributed by atoms with Crippen LogP contribution in [0.2, 0.25) is 0 Å². The molecule has 1 heterocycles. The first-order chi connectivity index (χ1) is 13.5. The minimum absolute atomic E-state index is 0.210. The van der Waals surface area contributed by atoms with Gasteiger partial charge in [-0.3, -0.25) is 9.59 Å². The maximum Gasteiger partial charge on any atom is 0.266 e. The highest BCUT2D eigenvalue weighted by Gasteiger charge is 2.14. The predicted octanol–water partition coefficient (Wildman–Crippen LogP) is 2.80. The summed E-state index contributed by atoms with van der Waals surface area (Å²) in [4.78, 5) is 24.3. The fraction of sp³-hybridized carbons (Fsp3) is 0.227. The lowest BCUT2D eigenvalue weighted by atomic mass is 10.1. The normalized spacial score (nSPS) is 11.6. The van der Waals surface area contributed by atoms with Gasteiger partial charge in [-0.15, -0.1) is 0 Å². The first-order valence-electron chi connectivity index (χ1n) is 9.17. The van der Waals surface area contributed by atoms with Crippen LogP contribution in [0.5, 0.6) is 5.75 Å². The molecular weight excluding hydrogens is 354 g/mol. The van der Waals surface area contributed by atoms with Gasteiger partial charge in [-0.05, 0) is 37.6 Å². The molecular formula is C22H23N3O3. The fourth-order valence-electron chi connectivity index (χ4n) is 2.75. The fourth-order valence-corrected chi connectivity index (χ4v) is 2.75. The Kier molecular flexibility index (Phi) is 6.22. The molecule has 0 saturated carbocycles. The molecule has 3 aromatic rings. The van der Waals surface area contributed by atoms with E-state index in [0.717, 1.165) is 11.1 Å². The van der Waals surface area contributed by atoms with Crippen LogP contribution in [0, 0.1) is 6.92 Å². The zero-order valence-corrected chi connectivity index (χ0v) is 16.0. The summed E-state index contributed by atoms with van der Waals surface area (Å²) in [5.41, 5.74) is 2.50. The van der Waals surface area contributed by atoms with Crippen LogP contribution in [-0.2, 0) is 11.3 Å². The van der Waals surface area contributed by atoms with Gasteiger partial charge in [0.05, 0.1) is 12.2 Å². The molecule has 1 atom stereocenters. The van der Waals surface area contributed by atoms with E-state index >= 15 is 0 Å². The minimum Gasteiger partial charge on any atom is -0.481 e. The van der Waals surface area contributed by atoms with E-state index in [0.29, 0.717) is 11.4 Å². The largest absolute Gasteiger partial charge is 0.481 e. The Labute approximate surface area is 163 Å². The van der Waals surface area contributed by atoms with Crippen molar-refractivity contribution in [3.05, 3.63) is 82.6 Å². The third-order valence-corrected chi connectivity index (χ3v) is 4.23. The summed E-state index contributed by atoms with van der Waals surface area (Å²) >= 11 is 0. The second-order valence-electron chi connectivity index (χ2n) is 6.51. The summed E-state index contributed by atoms with van der Waals surface area (Å²) in [6.07, 6.45) is -0.637. The van der Waals surface area contributed by atoms with Crippen molar-refractivity contribution in [2.24, 2.45) is 0 Å². The van der Waals surface area contributed by atoms with E-state index in [4.69, 9.17) is 4.74 Å². The zero-order valence-electron chi connectivity index (χ0n) is 16.0. The molecule has 2 aromatic carbocycles. The number of amides is 1. The van der Waals surface area contributed by atoms with Crippen LogP contribution >= 0.6 is 0 Å². The van der Waals surface area contributed by atoms with Crippen molar-refractivity contribution in [3.63, 3.8) is 0 Å². The highest BCUT2D eigenvalue weighted by molar-refractivity contribution is 5.80. The SMILES string of the molecule is Cc1cccc(OC(C)C(=O)NCCn2nc(-c3ccccc3)ccc2=O)c1. The Morgan fingerprint density at radius 3 is 2.64 bits per heavy atom. The summed E-state index contributed by atoms with van der Waals surface area (Å²) in [7, 11) is 0. The second-order valence-corrected chi connectivity index (χ2v) is 6.51. The van der Waals surface area contributed by atoms with Gasteiger partial charge in [0.1, 0.15) is 5.75 Å². The number of rotatable bonds is 7. The lowest BCUT2D eigenvalue weighted by Crippen LogP contribution is -2.39. The van der Waals surface area contributed by atoms with Crippen molar-refractivity contribution in [2.75, 3.05) is 6.54 Å². The van der Waals surface area contributed by atoms with Crippen molar-refractivity contribution < 1.29 is 9.53 Å². The molecule has 0 aliphatic carbocycles. The number of benzene rings is 2. The van der Waals surface area contributed by atoms with Crippen LogP contribution in [0.4, 0.5) is 0 Å². The number of nitrogens with one attached hydrogen (secondary N) is 1. The second kappa shape index (κ2) is 8.99. The number of aryl methyl sites for hydroxylation is 1. The van der Waals surface area contributed by atoms with E-state index < -0.39 is 6.10 Å². The number of carbonyl (C=O) groups excluding carboxylic acids is 1. The molecule has 6 heteroatoms. The smallest absolute Gasteiger partial charge is 0.266 e. The average Bonchev–Trinajstić information content (AvgIpc) is 2.70. The Morgan fingerprint density at radius 2 is 1.89 bits per heavy atom. The Bertz CT molecular complexity index is 999. The lowest BCUT2D eigenvalue weighted by Gasteiger charge is -2.15. The molecule has 144 valence electrons. The minimum atomic E-state index is -0.637. The van der Waals surface area contributed by atoms with Gasteiger partial charge in [-0.25, -0.2) is 4.68 Å². The maximum atomic E-state index is 12.3. The lowest BCUT2D eigenvalue weighted by molar-refractivity contribution is -0.127. The van der Waals surface area contributed by atoms with Crippen molar-refractivity contribution in [1.29, 1.82) is 0 Å². The third kappa shape index (κ3) is 5.07. The van der Waals surface area contributed by atoms with Gasteiger partial charge in [0.15, 0.2) is 6.10 Å². The highest BCUT2D eigenvalue weighted by Crippen LogP contribution is 2.15. The Balaban J connectivity index is 1.57. The van der Waals surface area contributed by atoms with Crippen LogP contribution in [0.25, 0.3) is 11.3 Å². The van der Waals surface area contributed by atoms with Crippen LogP contribution in [0.1, 0.15) is 12.5 Å². The Morgan fingerprint density at radius 1 is 1.11 bits per heavy atom. The first kappa shape index (κ1) is 19.4. The highest BCUT2D eigenvalue weighted by atomic mass is 16.5. The van der Waals surface area contributed by atoms with Crippen molar-refractivity contribution in [1.82, 2.24) is 15.1 Å². The molecule has 0 radical (unpaired) electrons. The quantitative estimate of drug-likeness (QED) is 0.687. The molecule has 0 bridgehead atoms. The number of hydrogen-bond donors (Lipinski definition) is 1. The molecule has 1 amide bonds. The van der Waals surface area contributed by atoms with Crippen LogP contribution in [0.15, 0.2) is 71.5 Å². The molecule has 0 spiro atoms. The van der Waals surface area contributed by atoms with Crippen molar-refractivity contribution in [2.45, 2.75) is 26.5 Å². The van der Waals surface area contributed by atoms with Gasteiger partial charge in [0.25, 0.3) is 11.5 Å². The summed E-state index contributed by atoms with van der Waals surface area (Å²) < 4.78 is 7.02. The van der Waals surface area contributed by atoms with E-state index in [-0.39, 0.29) is 24.6 Å². The van der Waals surface area contributed by atoms with Crippen molar-refractivity contribution >= 4 is 5.91 Å². The summed E-state index contributed by atoms with van der Waals surface area (Å²) in [6, 6.07) is 20.4. The summed E-state index contributed by atoms with van der Waals surface area (Å²) in [6.45, 7) is 4.22. The zero-order chi connectivity index (χ0) is 19.9. The van der Waals surface area contributed by atoms with E-state index in [1.54, 1.807) is 13.0 Å². The molecule has 0 saturated heterocycles. The van der Waals surface area contributed by atoms with Crippen LogP contribution < -0.4 is 15.6 Å². The molecule has 0 fully saturated rings. The van der Waals surface area contributed by atoms with Gasteiger partial charge in [0, 0.05) is 18.2 Å². The van der Waals surface area contributed by atoms with Gasteiger partial charge in [0.2, 0.25) is 0 Å². The van der Waals surface area contributed by atoms with Crippen LogP contribution in [0.3, 0.4) is 0 Å². The van der Waals surface area contributed by atoms with E-state index in [1.165, 1.54) is 10.7 Å². The molecule has 28 heavy (non-hydrogen) atoms. The molecule has 3 rings (SSSR count). The molecule has 0 aliphatic heterocycles. The Hall–Kier alpha value is -3.41. The molecule has 1 N–H and O–H groups in total. The van der Waals surface area contributed by atoms with Gasteiger partial charge in [-0.1, -0.05) is 42.5 Å². The average molecular weight is 377 g/mol. The van der Waals surface area contributed by atoms with E-state index in [2.05, 4.69) is 10.4 Å². The van der Waals surface area contributed by atoms with E-state index in [9.17, 15) is 9.59 Å². The van der Waals surface area contributed by atoms with Gasteiger partial charge < -0.3 is 10.1 Å². The van der Waals surface area contributed by atoms with E-state index in [1.807, 2.05) is 61.5 Å².